The number of carbonyl (C=O) groups excluding carboxylic acids is 4. The van der Waals surface area contributed by atoms with E-state index in [4.69, 9.17) is 0 Å². The van der Waals surface area contributed by atoms with Gasteiger partial charge in [-0.2, -0.15) is 0 Å². The quantitative estimate of drug-likeness (QED) is 0.307. The van der Waals surface area contributed by atoms with Crippen molar-refractivity contribution in [3.05, 3.63) is 0 Å². The molecule has 0 aliphatic carbocycles. The number of hydrogen-bond donors (Lipinski definition) is 3. The maximum atomic E-state index is 13.3. The lowest BCUT2D eigenvalue weighted by molar-refractivity contribution is -0.148. The molecule has 0 aromatic carbocycles. The second kappa shape index (κ2) is 9.30. The van der Waals surface area contributed by atoms with Crippen LogP contribution in [0.25, 0.3) is 0 Å². The van der Waals surface area contributed by atoms with Gasteiger partial charge in [0.25, 0.3) is 5.91 Å². The van der Waals surface area contributed by atoms with Crippen molar-refractivity contribution in [3.63, 3.8) is 0 Å². The number of urea groups is 1. The number of nitrogens with zero attached hydrogens (tertiary/aromatic N) is 3. The molecule has 2 saturated heterocycles. The second-order valence-corrected chi connectivity index (χ2v) is 9.19. The van der Waals surface area contributed by atoms with Gasteiger partial charge in [0, 0.05) is 26.7 Å². The Kier molecular flexibility index (Phi) is 7.46. The number of hydrogen-bond acceptors (Lipinski definition) is 6. The summed E-state index contributed by atoms with van der Waals surface area (Å²) in [7, 11) is 1.51. The van der Waals surface area contributed by atoms with E-state index in [-0.39, 0.29) is 18.4 Å². The van der Waals surface area contributed by atoms with Gasteiger partial charge in [0.2, 0.25) is 11.8 Å². The Bertz CT molecular complexity index is 687. The van der Waals surface area contributed by atoms with Crippen molar-refractivity contribution < 1.29 is 29.5 Å². The molecule has 0 radical (unpaired) electrons. The van der Waals surface area contributed by atoms with Crippen molar-refractivity contribution in [3.8, 4) is 0 Å². The molecule has 10 nitrogen and oxygen atoms in total. The molecular weight excluding hydrogens is 392 g/mol. The van der Waals surface area contributed by atoms with Gasteiger partial charge in [0.1, 0.15) is 5.54 Å². The van der Waals surface area contributed by atoms with Gasteiger partial charge in [-0.05, 0) is 39.0 Å². The van der Waals surface area contributed by atoms with Gasteiger partial charge in [0.05, 0.1) is 17.9 Å². The molecule has 10 heteroatoms. The van der Waals surface area contributed by atoms with Crippen molar-refractivity contribution in [1.82, 2.24) is 20.2 Å². The minimum absolute atomic E-state index is 0.0624. The van der Waals surface area contributed by atoms with E-state index in [1.54, 1.807) is 24.2 Å². The lowest BCUT2D eigenvalue weighted by Gasteiger charge is -2.36. The molecule has 2 atom stereocenters. The Hall–Kier alpha value is -2.20. The lowest BCUT2D eigenvalue weighted by Crippen LogP contribution is -2.51. The molecule has 0 saturated carbocycles. The number of nitrogens with one attached hydrogen (secondary N) is 1. The van der Waals surface area contributed by atoms with Gasteiger partial charge in [-0.1, -0.05) is 13.8 Å². The third kappa shape index (κ3) is 4.75. The van der Waals surface area contributed by atoms with E-state index in [2.05, 4.69) is 0 Å². The Morgan fingerprint density at radius 2 is 1.73 bits per heavy atom. The molecule has 2 fully saturated rings. The maximum Gasteiger partial charge on any atom is 0.327 e. The van der Waals surface area contributed by atoms with Gasteiger partial charge >= 0.3 is 6.03 Å². The molecule has 0 aromatic rings. The summed E-state index contributed by atoms with van der Waals surface area (Å²) < 4.78 is 0. The minimum atomic E-state index is -1.09. The number of likely N-dealkylation sites (tertiary alicyclic amines) is 1. The van der Waals surface area contributed by atoms with Gasteiger partial charge in [-0.25, -0.2) is 10.3 Å². The molecule has 0 bridgehead atoms. The van der Waals surface area contributed by atoms with E-state index in [0.717, 1.165) is 4.90 Å². The first-order chi connectivity index (χ1) is 13.9. The van der Waals surface area contributed by atoms with E-state index in [0.29, 0.717) is 32.4 Å². The number of imide groups is 1. The van der Waals surface area contributed by atoms with Crippen LogP contribution in [0.3, 0.4) is 0 Å². The number of piperidine rings is 1. The highest BCUT2D eigenvalue weighted by molar-refractivity contribution is 6.06. The van der Waals surface area contributed by atoms with Gasteiger partial charge in [-0.3, -0.25) is 24.5 Å². The molecule has 2 aliphatic rings. The largest absolute Gasteiger partial charge is 0.393 e. The average Bonchev–Trinajstić information content (AvgIpc) is 2.84. The summed E-state index contributed by atoms with van der Waals surface area (Å²) >= 11 is 0. The van der Waals surface area contributed by atoms with Crippen molar-refractivity contribution in [1.29, 1.82) is 0 Å². The summed E-state index contributed by atoms with van der Waals surface area (Å²) in [5.74, 6) is -3.38. The Labute approximate surface area is 177 Å². The van der Waals surface area contributed by atoms with Crippen LogP contribution < -0.4 is 5.48 Å². The molecule has 170 valence electrons. The summed E-state index contributed by atoms with van der Waals surface area (Å²) in [6, 6.07) is -0.544. The topological polar surface area (TPSA) is 130 Å². The van der Waals surface area contributed by atoms with Crippen LogP contribution in [0.5, 0.6) is 0 Å². The fourth-order valence-corrected chi connectivity index (χ4v) is 4.08. The number of rotatable bonds is 7. The number of likely N-dealkylation sites (N-methyl/N-ethyl adjacent to an activating group) is 1. The van der Waals surface area contributed by atoms with Crippen LogP contribution in [-0.4, -0.2) is 87.1 Å². The van der Waals surface area contributed by atoms with Crippen LogP contribution in [0.2, 0.25) is 0 Å². The van der Waals surface area contributed by atoms with Crippen LogP contribution in [0.15, 0.2) is 0 Å². The number of carbonyl (C=O) groups is 4. The highest BCUT2D eigenvalue weighted by atomic mass is 16.5. The summed E-state index contributed by atoms with van der Waals surface area (Å²) in [6.45, 7) is 7.51. The van der Waals surface area contributed by atoms with Crippen LogP contribution in [-0.2, 0) is 14.4 Å². The van der Waals surface area contributed by atoms with Crippen molar-refractivity contribution in [2.75, 3.05) is 26.7 Å². The molecule has 3 N–H and O–H groups in total. The van der Waals surface area contributed by atoms with Gasteiger partial charge in [0.15, 0.2) is 0 Å². The summed E-state index contributed by atoms with van der Waals surface area (Å²) in [4.78, 5) is 55.2. The lowest BCUT2D eigenvalue weighted by atomic mass is 9.82. The predicted molar refractivity (Wildman–Crippen MR) is 107 cm³/mol. The van der Waals surface area contributed by atoms with Crippen LogP contribution >= 0.6 is 0 Å². The fourth-order valence-electron chi connectivity index (χ4n) is 4.08. The molecule has 2 rings (SSSR count). The zero-order chi connectivity index (χ0) is 22.8. The third-order valence-electron chi connectivity index (χ3n) is 6.26. The zero-order valence-corrected chi connectivity index (χ0v) is 18.4. The van der Waals surface area contributed by atoms with Crippen LogP contribution in [0.1, 0.15) is 47.0 Å². The maximum absolute atomic E-state index is 13.3. The summed E-state index contributed by atoms with van der Waals surface area (Å²) in [5, 5.41) is 19.0. The summed E-state index contributed by atoms with van der Waals surface area (Å²) in [5.41, 5.74) is 0.549. The first-order valence-corrected chi connectivity index (χ1v) is 10.4. The monoisotopic (exact) mass is 426 g/mol. The number of amides is 5. The molecule has 1 unspecified atom stereocenters. The first kappa shape index (κ1) is 24.1. The molecule has 5 amide bonds. The Morgan fingerprint density at radius 3 is 2.17 bits per heavy atom. The Morgan fingerprint density at radius 1 is 1.17 bits per heavy atom. The Balaban J connectivity index is 2.32. The van der Waals surface area contributed by atoms with E-state index < -0.39 is 41.3 Å². The highest BCUT2D eigenvalue weighted by Gasteiger charge is 2.51. The fraction of sp³-hybridized carbons (Fsp3) is 0.800. The number of aliphatic hydroxyl groups excluding tert-OH is 1. The predicted octanol–water partition coefficient (Wildman–Crippen LogP) is 0.426. The molecule has 0 aromatic heterocycles. The molecule has 2 heterocycles. The van der Waals surface area contributed by atoms with E-state index in [9.17, 15) is 29.5 Å². The SMILES string of the molecule is CC(C)C[C@@H](C(=O)N1CCC(O)CC1)C(CN1C(=O)N(C)C(C)(C)C1=O)C(=O)NO. The second-order valence-electron chi connectivity index (χ2n) is 9.19. The first-order valence-electron chi connectivity index (χ1n) is 10.4. The molecule has 30 heavy (non-hydrogen) atoms. The van der Waals surface area contributed by atoms with E-state index >= 15 is 0 Å². The zero-order valence-electron chi connectivity index (χ0n) is 18.4. The van der Waals surface area contributed by atoms with E-state index in [1.165, 1.54) is 11.9 Å². The highest BCUT2D eigenvalue weighted by Crippen LogP contribution is 2.31. The molecular formula is C20H34N4O6. The average molecular weight is 427 g/mol. The van der Waals surface area contributed by atoms with Crippen LogP contribution in [0, 0.1) is 17.8 Å². The molecule has 2 aliphatic heterocycles. The van der Waals surface area contributed by atoms with Crippen molar-refractivity contribution in [2.45, 2.75) is 58.6 Å². The summed E-state index contributed by atoms with van der Waals surface area (Å²) in [6.07, 6.45) is 0.815. The number of aliphatic hydroxyl groups is 1. The third-order valence-corrected chi connectivity index (χ3v) is 6.26. The standard InChI is InChI=1S/C20H34N4O6/c1-12(2)10-14(17(27)23-8-6-13(25)7-9-23)15(16(26)21-30)11-24-18(28)20(3,4)22(5)19(24)29/h12-15,25,30H,6-11H2,1-5H3,(H,21,26)/t14-,15?/m1/s1. The van der Waals surface area contributed by atoms with Gasteiger partial charge < -0.3 is 14.9 Å². The normalized spacial score (nSPS) is 21.9. The smallest absolute Gasteiger partial charge is 0.327 e. The van der Waals surface area contributed by atoms with Gasteiger partial charge in [-0.15, -0.1) is 0 Å². The number of hydroxylamine groups is 1. The van der Waals surface area contributed by atoms with E-state index in [1.807, 2.05) is 13.8 Å². The van der Waals surface area contributed by atoms with Crippen molar-refractivity contribution in [2.24, 2.45) is 17.8 Å². The molecule has 0 spiro atoms. The van der Waals surface area contributed by atoms with Crippen LogP contribution in [0.4, 0.5) is 4.79 Å². The van der Waals surface area contributed by atoms with Crippen molar-refractivity contribution >= 4 is 23.8 Å². The minimum Gasteiger partial charge on any atom is -0.393 e.